The molecule has 0 radical (unpaired) electrons. The van der Waals surface area contributed by atoms with Crippen molar-refractivity contribution in [3.8, 4) is 0 Å². The molecule has 1 heterocycles. The standard InChI is InChI=1S/C20H22N2O2/c1-3-4-13-21(2)19(23)14-22-17-11-7-5-9-15(17)20(24)16-10-6-8-12-18(16)22/h5-12H,3-4,13-14H2,1-2H3. The molecule has 0 fully saturated rings. The molecule has 3 aromatic rings. The van der Waals surface area contributed by atoms with E-state index in [-0.39, 0.29) is 17.9 Å². The number of amides is 1. The number of hydrogen-bond acceptors (Lipinski definition) is 2. The van der Waals surface area contributed by atoms with Crippen LogP contribution in [0.15, 0.2) is 53.3 Å². The Bertz CT molecular complexity index is 883. The number of para-hydroxylation sites is 2. The number of pyridine rings is 1. The van der Waals surface area contributed by atoms with Gasteiger partial charge in [0.05, 0.1) is 11.0 Å². The van der Waals surface area contributed by atoms with E-state index in [4.69, 9.17) is 0 Å². The van der Waals surface area contributed by atoms with Crippen molar-refractivity contribution in [3.05, 3.63) is 58.8 Å². The number of fused-ring (bicyclic) bond motifs is 2. The molecular weight excluding hydrogens is 300 g/mol. The van der Waals surface area contributed by atoms with Crippen LogP contribution in [0.2, 0.25) is 0 Å². The second-order valence-electron chi connectivity index (χ2n) is 6.12. The lowest BCUT2D eigenvalue weighted by Gasteiger charge is -2.20. The van der Waals surface area contributed by atoms with E-state index in [1.807, 2.05) is 60.1 Å². The van der Waals surface area contributed by atoms with Crippen molar-refractivity contribution >= 4 is 27.7 Å². The lowest BCUT2D eigenvalue weighted by atomic mass is 10.1. The normalized spacial score (nSPS) is 11.1. The van der Waals surface area contributed by atoms with Crippen LogP contribution in [0.5, 0.6) is 0 Å². The number of rotatable bonds is 5. The number of unbranched alkanes of at least 4 members (excludes halogenated alkanes) is 1. The minimum atomic E-state index is 0.0178. The number of carbonyl (C=O) groups is 1. The van der Waals surface area contributed by atoms with Gasteiger partial charge in [-0.3, -0.25) is 9.59 Å². The van der Waals surface area contributed by atoms with Gasteiger partial charge < -0.3 is 9.47 Å². The summed E-state index contributed by atoms with van der Waals surface area (Å²) in [4.78, 5) is 27.1. The fraction of sp³-hybridized carbons (Fsp3) is 0.300. The van der Waals surface area contributed by atoms with Gasteiger partial charge in [-0.25, -0.2) is 0 Å². The van der Waals surface area contributed by atoms with Crippen molar-refractivity contribution in [2.45, 2.75) is 26.3 Å². The number of aromatic nitrogens is 1. The minimum absolute atomic E-state index is 0.0178. The van der Waals surface area contributed by atoms with Gasteiger partial charge in [0.2, 0.25) is 5.91 Å². The summed E-state index contributed by atoms with van der Waals surface area (Å²) in [7, 11) is 1.84. The van der Waals surface area contributed by atoms with E-state index >= 15 is 0 Å². The van der Waals surface area contributed by atoms with Crippen molar-refractivity contribution in [1.29, 1.82) is 0 Å². The zero-order valence-corrected chi connectivity index (χ0v) is 14.2. The Hall–Kier alpha value is -2.62. The molecule has 24 heavy (non-hydrogen) atoms. The first-order valence-electron chi connectivity index (χ1n) is 8.37. The third kappa shape index (κ3) is 2.92. The monoisotopic (exact) mass is 322 g/mol. The first-order chi connectivity index (χ1) is 11.6. The second kappa shape index (κ2) is 6.87. The molecule has 124 valence electrons. The summed E-state index contributed by atoms with van der Waals surface area (Å²) in [6.07, 6.45) is 2.05. The van der Waals surface area contributed by atoms with E-state index in [1.165, 1.54) is 0 Å². The molecule has 4 heteroatoms. The molecule has 0 spiro atoms. The van der Waals surface area contributed by atoms with Crippen molar-refractivity contribution in [2.75, 3.05) is 13.6 Å². The van der Waals surface area contributed by atoms with Gasteiger partial charge in [0, 0.05) is 24.4 Å². The van der Waals surface area contributed by atoms with Crippen molar-refractivity contribution in [1.82, 2.24) is 9.47 Å². The van der Waals surface area contributed by atoms with Crippen molar-refractivity contribution in [2.24, 2.45) is 0 Å². The molecule has 0 aliphatic heterocycles. The van der Waals surface area contributed by atoms with Crippen LogP contribution in [0.4, 0.5) is 0 Å². The number of benzene rings is 2. The molecule has 2 aromatic carbocycles. The summed E-state index contributed by atoms with van der Waals surface area (Å²) in [5.74, 6) is 0.0578. The fourth-order valence-corrected chi connectivity index (χ4v) is 3.02. The van der Waals surface area contributed by atoms with Crippen LogP contribution in [-0.2, 0) is 11.3 Å². The molecule has 0 unspecified atom stereocenters. The summed E-state index contributed by atoms with van der Waals surface area (Å²) >= 11 is 0. The summed E-state index contributed by atoms with van der Waals surface area (Å²) < 4.78 is 1.96. The van der Waals surface area contributed by atoms with E-state index in [0.29, 0.717) is 10.8 Å². The number of hydrogen-bond donors (Lipinski definition) is 0. The molecule has 0 aliphatic rings. The third-order valence-electron chi connectivity index (χ3n) is 4.45. The Morgan fingerprint density at radius 3 is 2.08 bits per heavy atom. The highest BCUT2D eigenvalue weighted by molar-refractivity contribution is 5.94. The van der Waals surface area contributed by atoms with E-state index in [0.717, 1.165) is 30.4 Å². The fourth-order valence-electron chi connectivity index (χ4n) is 3.02. The van der Waals surface area contributed by atoms with Crippen LogP contribution in [0.1, 0.15) is 19.8 Å². The maximum atomic E-state index is 12.7. The van der Waals surface area contributed by atoms with E-state index in [2.05, 4.69) is 6.92 Å². The number of carbonyl (C=O) groups excluding carboxylic acids is 1. The van der Waals surface area contributed by atoms with Gasteiger partial charge in [0.15, 0.2) is 5.43 Å². The summed E-state index contributed by atoms with van der Waals surface area (Å²) in [6.45, 7) is 3.11. The molecule has 3 rings (SSSR count). The Balaban J connectivity index is 2.13. The molecule has 0 aliphatic carbocycles. The Morgan fingerprint density at radius 1 is 1.00 bits per heavy atom. The number of likely N-dealkylation sites (N-methyl/N-ethyl adjacent to an activating group) is 1. The maximum absolute atomic E-state index is 12.7. The third-order valence-corrected chi connectivity index (χ3v) is 4.45. The second-order valence-corrected chi connectivity index (χ2v) is 6.12. The van der Waals surface area contributed by atoms with Gasteiger partial charge in [0.1, 0.15) is 6.54 Å². The number of nitrogens with zero attached hydrogens (tertiary/aromatic N) is 2. The lowest BCUT2D eigenvalue weighted by molar-refractivity contribution is -0.130. The van der Waals surface area contributed by atoms with Crippen LogP contribution in [0.3, 0.4) is 0 Å². The molecule has 0 N–H and O–H groups in total. The highest BCUT2D eigenvalue weighted by Gasteiger charge is 2.14. The van der Waals surface area contributed by atoms with Crippen LogP contribution < -0.4 is 5.43 Å². The quantitative estimate of drug-likeness (QED) is 0.676. The van der Waals surface area contributed by atoms with Gasteiger partial charge in [-0.1, -0.05) is 37.6 Å². The van der Waals surface area contributed by atoms with Crippen molar-refractivity contribution < 1.29 is 4.79 Å². The summed E-state index contributed by atoms with van der Waals surface area (Å²) in [5.41, 5.74) is 1.63. The predicted molar refractivity (Wildman–Crippen MR) is 98.3 cm³/mol. The molecule has 0 saturated heterocycles. The highest BCUT2D eigenvalue weighted by atomic mass is 16.2. The zero-order valence-electron chi connectivity index (χ0n) is 14.2. The van der Waals surface area contributed by atoms with Gasteiger partial charge in [-0.2, -0.15) is 0 Å². The molecule has 0 bridgehead atoms. The predicted octanol–water partition coefficient (Wildman–Crippen LogP) is 3.41. The summed E-state index contributed by atoms with van der Waals surface area (Å²) in [5, 5.41) is 1.31. The largest absolute Gasteiger partial charge is 0.344 e. The van der Waals surface area contributed by atoms with Gasteiger partial charge in [-0.15, -0.1) is 0 Å². The molecule has 0 atom stereocenters. The lowest BCUT2D eigenvalue weighted by Crippen LogP contribution is -2.31. The first kappa shape index (κ1) is 16.2. The average molecular weight is 322 g/mol. The van der Waals surface area contributed by atoms with Crippen LogP contribution in [0.25, 0.3) is 21.8 Å². The van der Waals surface area contributed by atoms with Crippen LogP contribution in [-0.4, -0.2) is 29.0 Å². The van der Waals surface area contributed by atoms with Gasteiger partial charge in [-0.05, 0) is 30.7 Å². The van der Waals surface area contributed by atoms with Crippen LogP contribution in [0, 0.1) is 0 Å². The first-order valence-corrected chi connectivity index (χ1v) is 8.37. The zero-order chi connectivity index (χ0) is 17.1. The maximum Gasteiger partial charge on any atom is 0.242 e. The highest BCUT2D eigenvalue weighted by Crippen LogP contribution is 2.19. The summed E-state index contributed by atoms with van der Waals surface area (Å²) in [6, 6.07) is 15.0. The molecule has 4 nitrogen and oxygen atoms in total. The molecular formula is C20H22N2O2. The van der Waals surface area contributed by atoms with E-state index in [1.54, 1.807) is 4.90 Å². The average Bonchev–Trinajstić information content (AvgIpc) is 2.63. The molecule has 1 aromatic heterocycles. The molecule has 0 saturated carbocycles. The minimum Gasteiger partial charge on any atom is -0.344 e. The van der Waals surface area contributed by atoms with Crippen LogP contribution >= 0.6 is 0 Å². The van der Waals surface area contributed by atoms with E-state index < -0.39 is 0 Å². The van der Waals surface area contributed by atoms with Crippen molar-refractivity contribution in [3.63, 3.8) is 0 Å². The Morgan fingerprint density at radius 2 is 1.54 bits per heavy atom. The smallest absolute Gasteiger partial charge is 0.242 e. The van der Waals surface area contributed by atoms with Gasteiger partial charge >= 0.3 is 0 Å². The topological polar surface area (TPSA) is 42.3 Å². The van der Waals surface area contributed by atoms with Gasteiger partial charge in [0.25, 0.3) is 0 Å². The Labute approximate surface area is 141 Å². The van der Waals surface area contributed by atoms with E-state index in [9.17, 15) is 9.59 Å². The SMILES string of the molecule is CCCCN(C)C(=O)Cn1c2ccccc2c(=O)c2ccccc21. The molecule has 1 amide bonds. The Kier molecular flexibility index (Phi) is 4.65.